The van der Waals surface area contributed by atoms with Crippen LogP contribution in [0.4, 0.5) is 4.79 Å². The summed E-state index contributed by atoms with van der Waals surface area (Å²) in [5.41, 5.74) is 3.87. The number of rotatable bonds is 5. The van der Waals surface area contributed by atoms with Crippen molar-refractivity contribution in [1.82, 2.24) is 21.1 Å². The molecule has 2 rings (SSSR count). The molecule has 0 radical (unpaired) electrons. The molecule has 7 heteroatoms. The molecule has 4 amide bonds. The molecule has 116 valence electrons. The molecule has 1 saturated heterocycles. The van der Waals surface area contributed by atoms with Crippen LogP contribution in [0.1, 0.15) is 22.3 Å². The van der Waals surface area contributed by atoms with E-state index in [9.17, 15) is 14.4 Å². The maximum Gasteiger partial charge on any atom is 0.336 e. The smallest absolute Gasteiger partial charge is 0.336 e. The molecule has 7 nitrogen and oxygen atoms in total. The van der Waals surface area contributed by atoms with E-state index in [1.165, 1.54) is 11.1 Å². The van der Waals surface area contributed by atoms with Crippen LogP contribution in [0.15, 0.2) is 36.9 Å². The topological polar surface area (TPSA) is 90.5 Å². The van der Waals surface area contributed by atoms with Gasteiger partial charge in [0.15, 0.2) is 0 Å². The van der Waals surface area contributed by atoms with Crippen LogP contribution in [0.5, 0.6) is 0 Å². The third kappa shape index (κ3) is 4.08. The molecule has 22 heavy (non-hydrogen) atoms. The molecule has 1 aromatic carbocycles. The standard InChI is InChI=1S/C15H18N4O3/c1-2-13(20)17-10-11-4-6-12(7-5-11)14(21)18-19-9-3-8-16-15(19)22/h2,4-7H,1,3,8-10H2,(H,16,22)(H,17,20)(H,18,21). The van der Waals surface area contributed by atoms with Gasteiger partial charge < -0.3 is 10.6 Å². The first kappa shape index (κ1) is 15.6. The van der Waals surface area contributed by atoms with Crippen LogP contribution < -0.4 is 16.1 Å². The minimum Gasteiger partial charge on any atom is -0.348 e. The van der Waals surface area contributed by atoms with Crippen molar-refractivity contribution in [2.75, 3.05) is 13.1 Å². The quantitative estimate of drug-likeness (QED) is 0.694. The maximum atomic E-state index is 12.1. The van der Waals surface area contributed by atoms with Gasteiger partial charge in [0.1, 0.15) is 0 Å². The number of hydrogen-bond acceptors (Lipinski definition) is 3. The number of amides is 4. The highest BCUT2D eigenvalue weighted by Gasteiger charge is 2.19. The molecular formula is C15H18N4O3. The van der Waals surface area contributed by atoms with E-state index in [0.717, 1.165) is 12.0 Å². The zero-order chi connectivity index (χ0) is 15.9. The number of benzene rings is 1. The summed E-state index contributed by atoms with van der Waals surface area (Å²) in [4.78, 5) is 34.7. The number of hydrogen-bond donors (Lipinski definition) is 3. The number of nitrogens with one attached hydrogen (secondary N) is 3. The number of nitrogens with zero attached hydrogens (tertiary/aromatic N) is 1. The second-order valence-corrected chi connectivity index (χ2v) is 4.80. The first-order chi connectivity index (χ1) is 10.6. The van der Waals surface area contributed by atoms with Gasteiger partial charge in [0.2, 0.25) is 5.91 Å². The predicted octanol–water partition coefficient (Wildman–Crippen LogP) is 0.549. The molecule has 1 aliphatic rings. The fourth-order valence-corrected chi connectivity index (χ4v) is 1.96. The van der Waals surface area contributed by atoms with Gasteiger partial charge in [-0.25, -0.2) is 9.80 Å². The Balaban J connectivity index is 1.91. The van der Waals surface area contributed by atoms with Crippen LogP contribution in [0.2, 0.25) is 0 Å². The third-order valence-corrected chi connectivity index (χ3v) is 3.18. The lowest BCUT2D eigenvalue weighted by molar-refractivity contribution is -0.116. The van der Waals surface area contributed by atoms with E-state index in [-0.39, 0.29) is 17.8 Å². The zero-order valence-electron chi connectivity index (χ0n) is 12.1. The summed E-state index contributed by atoms with van der Waals surface area (Å²) in [6.45, 7) is 4.84. The highest BCUT2D eigenvalue weighted by Crippen LogP contribution is 2.05. The number of carbonyl (C=O) groups is 3. The third-order valence-electron chi connectivity index (χ3n) is 3.18. The van der Waals surface area contributed by atoms with E-state index in [2.05, 4.69) is 22.6 Å². The minimum absolute atomic E-state index is 0.252. The molecule has 0 saturated carbocycles. The van der Waals surface area contributed by atoms with E-state index >= 15 is 0 Å². The summed E-state index contributed by atoms with van der Waals surface area (Å²) in [6, 6.07) is 6.48. The van der Waals surface area contributed by atoms with E-state index in [4.69, 9.17) is 0 Å². The van der Waals surface area contributed by atoms with Crippen molar-refractivity contribution in [1.29, 1.82) is 0 Å². The predicted molar refractivity (Wildman–Crippen MR) is 80.7 cm³/mol. The van der Waals surface area contributed by atoms with E-state index in [0.29, 0.717) is 25.2 Å². The van der Waals surface area contributed by atoms with Gasteiger partial charge in [-0.2, -0.15) is 0 Å². The fraction of sp³-hybridized carbons (Fsp3) is 0.267. The first-order valence-corrected chi connectivity index (χ1v) is 6.95. The van der Waals surface area contributed by atoms with Crippen molar-refractivity contribution >= 4 is 17.8 Å². The van der Waals surface area contributed by atoms with Crippen molar-refractivity contribution in [2.24, 2.45) is 0 Å². The Labute approximate surface area is 128 Å². The Kier molecular flexibility index (Phi) is 5.13. The Bertz CT molecular complexity index is 583. The molecule has 0 unspecified atom stereocenters. The van der Waals surface area contributed by atoms with Crippen molar-refractivity contribution in [3.8, 4) is 0 Å². The van der Waals surface area contributed by atoms with Crippen molar-refractivity contribution in [2.45, 2.75) is 13.0 Å². The SMILES string of the molecule is C=CC(=O)NCc1ccc(C(=O)NN2CCCNC2=O)cc1. The average molecular weight is 302 g/mol. The number of hydrazine groups is 1. The van der Waals surface area contributed by atoms with Gasteiger partial charge in [-0.05, 0) is 30.2 Å². The summed E-state index contributed by atoms with van der Waals surface area (Å²) >= 11 is 0. The van der Waals surface area contributed by atoms with Crippen LogP contribution in [0, 0.1) is 0 Å². The summed E-state index contributed by atoms with van der Waals surface area (Å²) in [7, 11) is 0. The Morgan fingerprint density at radius 1 is 1.32 bits per heavy atom. The lowest BCUT2D eigenvalue weighted by atomic mass is 10.1. The number of urea groups is 1. The Morgan fingerprint density at radius 2 is 2.05 bits per heavy atom. The molecule has 1 fully saturated rings. The summed E-state index contributed by atoms with van der Waals surface area (Å²) < 4.78 is 0. The lowest BCUT2D eigenvalue weighted by Crippen LogP contribution is -2.54. The largest absolute Gasteiger partial charge is 0.348 e. The monoisotopic (exact) mass is 302 g/mol. The lowest BCUT2D eigenvalue weighted by Gasteiger charge is -2.27. The highest BCUT2D eigenvalue weighted by molar-refractivity contribution is 5.95. The van der Waals surface area contributed by atoms with Crippen molar-refractivity contribution < 1.29 is 14.4 Å². The fourth-order valence-electron chi connectivity index (χ4n) is 1.96. The van der Waals surface area contributed by atoms with Gasteiger partial charge in [-0.3, -0.25) is 15.0 Å². The van der Waals surface area contributed by atoms with Gasteiger partial charge in [0.25, 0.3) is 5.91 Å². The van der Waals surface area contributed by atoms with E-state index in [1.54, 1.807) is 24.3 Å². The van der Waals surface area contributed by atoms with E-state index < -0.39 is 0 Å². The van der Waals surface area contributed by atoms with Crippen LogP contribution >= 0.6 is 0 Å². The molecule has 0 aromatic heterocycles. The summed E-state index contributed by atoms with van der Waals surface area (Å²) in [5.74, 6) is -0.600. The van der Waals surface area contributed by atoms with Crippen LogP contribution in [0.25, 0.3) is 0 Å². The van der Waals surface area contributed by atoms with Crippen LogP contribution in [0.3, 0.4) is 0 Å². The van der Waals surface area contributed by atoms with Gasteiger partial charge in [0, 0.05) is 25.2 Å². The zero-order valence-corrected chi connectivity index (χ0v) is 12.1. The molecule has 3 N–H and O–H groups in total. The molecule has 0 bridgehead atoms. The highest BCUT2D eigenvalue weighted by atomic mass is 16.2. The Morgan fingerprint density at radius 3 is 2.68 bits per heavy atom. The molecule has 0 spiro atoms. The summed E-state index contributed by atoms with van der Waals surface area (Å²) in [6.07, 6.45) is 1.99. The molecule has 0 atom stereocenters. The maximum absolute atomic E-state index is 12.1. The number of carbonyl (C=O) groups excluding carboxylic acids is 3. The second kappa shape index (κ2) is 7.26. The van der Waals surface area contributed by atoms with Gasteiger partial charge in [0.05, 0.1) is 0 Å². The van der Waals surface area contributed by atoms with Crippen molar-refractivity contribution in [3.05, 3.63) is 48.0 Å². The van der Waals surface area contributed by atoms with Crippen molar-refractivity contribution in [3.63, 3.8) is 0 Å². The van der Waals surface area contributed by atoms with Crippen LogP contribution in [-0.4, -0.2) is 35.9 Å². The molecule has 1 aromatic rings. The normalized spacial score (nSPS) is 14.0. The van der Waals surface area contributed by atoms with Gasteiger partial charge in [-0.1, -0.05) is 18.7 Å². The summed E-state index contributed by atoms with van der Waals surface area (Å²) in [5, 5.41) is 6.57. The van der Waals surface area contributed by atoms with Gasteiger partial charge >= 0.3 is 6.03 Å². The molecule has 1 heterocycles. The molecule has 0 aliphatic carbocycles. The Hall–Kier alpha value is -2.83. The molecular weight excluding hydrogens is 284 g/mol. The average Bonchev–Trinajstić information content (AvgIpc) is 2.55. The second-order valence-electron chi connectivity index (χ2n) is 4.80. The van der Waals surface area contributed by atoms with E-state index in [1.807, 2.05) is 0 Å². The van der Waals surface area contributed by atoms with Gasteiger partial charge in [-0.15, -0.1) is 0 Å². The first-order valence-electron chi connectivity index (χ1n) is 6.95. The van der Waals surface area contributed by atoms with Crippen LogP contribution in [-0.2, 0) is 11.3 Å². The minimum atomic E-state index is -0.348. The molecule has 1 aliphatic heterocycles.